The fourth-order valence-electron chi connectivity index (χ4n) is 3.38. The van der Waals surface area contributed by atoms with Crippen LogP contribution in [-0.2, 0) is 4.79 Å². The summed E-state index contributed by atoms with van der Waals surface area (Å²) in [4.78, 5) is 12.3. The Morgan fingerprint density at radius 3 is 1.96 bits per heavy atom. The maximum Gasteiger partial charge on any atom is 0.161 e. The molecule has 0 aromatic heterocycles. The van der Waals surface area contributed by atoms with E-state index in [1.54, 1.807) is 13.0 Å². The molecule has 26 heavy (non-hydrogen) atoms. The minimum atomic E-state index is -1.42. The van der Waals surface area contributed by atoms with Gasteiger partial charge in [0.05, 0.1) is 12.1 Å². The Balaban J connectivity index is 2.65. The lowest BCUT2D eigenvalue weighted by atomic mass is 9.62. The van der Waals surface area contributed by atoms with Gasteiger partial charge in [0, 0.05) is 24.7 Å². The first-order chi connectivity index (χ1) is 12.6. The van der Waals surface area contributed by atoms with E-state index in [2.05, 4.69) is 18.7 Å². The number of hydrogen-bond donors (Lipinski definition) is 0. The molecule has 0 aliphatic rings. The molecule has 0 aliphatic heterocycles. The van der Waals surface area contributed by atoms with Gasteiger partial charge in [-0.1, -0.05) is 73.7 Å². The van der Waals surface area contributed by atoms with Gasteiger partial charge >= 0.3 is 0 Å². The fourth-order valence-corrected chi connectivity index (χ4v) is 3.38. The van der Waals surface area contributed by atoms with E-state index in [-0.39, 0.29) is 12.2 Å². The quantitative estimate of drug-likeness (QED) is 0.624. The standard InChI is InChI=1S/C23H22N2O/c1-3-20(26)15-22(19-13-9-6-10-14-19)23(16-24,17-25)21(4-2)18-11-7-5-8-12-18/h4-14,21-22H,2-3,15H2,1H3. The highest BCUT2D eigenvalue weighted by Gasteiger charge is 2.47. The van der Waals surface area contributed by atoms with Crippen molar-refractivity contribution in [1.29, 1.82) is 10.5 Å². The molecule has 3 heteroatoms. The highest BCUT2D eigenvalue weighted by atomic mass is 16.1. The molecular formula is C23H22N2O. The number of ketones is 1. The van der Waals surface area contributed by atoms with Crippen molar-refractivity contribution in [3.8, 4) is 12.1 Å². The minimum Gasteiger partial charge on any atom is -0.300 e. The van der Waals surface area contributed by atoms with Crippen molar-refractivity contribution in [3.05, 3.63) is 84.4 Å². The predicted molar refractivity (Wildman–Crippen MR) is 102 cm³/mol. The van der Waals surface area contributed by atoms with E-state index in [4.69, 9.17) is 0 Å². The summed E-state index contributed by atoms with van der Waals surface area (Å²) in [7, 11) is 0. The molecule has 0 saturated heterocycles. The fraction of sp³-hybridized carbons (Fsp3) is 0.261. The van der Waals surface area contributed by atoms with Crippen LogP contribution in [0.4, 0.5) is 0 Å². The number of allylic oxidation sites excluding steroid dienone is 1. The number of hydrogen-bond acceptors (Lipinski definition) is 3. The van der Waals surface area contributed by atoms with Gasteiger partial charge in [0.1, 0.15) is 5.78 Å². The lowest BCUT2D eigenvalue weighted by molar-refractivity contribution is -0.119. The summed E-state index contributed by atoms with van der Waals surface area (Å²) in [6, 6.07) is 23.3. The molecule has 3 nitrogen and oxygen atoms in total. The van der Waals surface area contributed by atoms with Gasteiger partial charge in [0.25, 0.3) is 0 Å². The first-order valence-electron chi connectivity index (χ1n) is 8.69. The van der Waals surface area contributed by atoms with Gasteiger partial charge in [0.2, 0.25) is 0 Å². The van der Waals surface area contributed by atoms with Crippen molar-refractivity contribution in [2.24, 2.45) is 5.41 Å². The molecule has 0 bridgehead atoms. The largest absolute Gasteiger partial charge is 0.300 e. The minimum absolute atomic E-state index is 0.0320. The van der Waals surface area contributed by atoms with Crippen molar-refractivity contribution < 1.29 is 4.79 Å². The predicted octanol–water partition coefficient (Wildman–Crippen LogP) is 5.14. The van der Waals surface area contributed by atoms with Crippen LogP contribution in [0, 0.1) is 28.1 Å². The lowest BCUT2D eigenvalue weighted by Gasteiger charge is -2.35. The van der Waals surface area contributed by atoms with Gasteiger partial charge in [-0.3, -0.25) is 4.79 Å². The highest BCUT2D eigenvalue weighted by Crippen LogP contribution is 2.48. The van der Waals surface area contributed by atoms with Crippen LogP contribution in [-0.4, -0.2) is 5.78 Å². The summed E-state index contributed by atoms with van der Waals surface area (Å²) in [5.74, 6) is -1.01. The zero-order chi connectivity index (χ0) is 19.0. The zero-order valence-corrected chi connectivity index (χ0v) is 14.9. The topological polar surface area (TPSA) is 64.7 Å². The van der Waals surface area contributed by atoms with Gasteiger partial charge in [-0.05, 0) is 11.1 Å². The first-order valence-corrected chi connectivity index (χ1v) is 8.69. The second kappa shape index (κ2) is 8.79. The molecule has 0 fully saturated rings. The van der Waals surface area contributed by atoms with Gasteiger partial charge < -0.3 is 0 Å². The van der Waals surface area contributed by atoms with Crippen LogP contribution in [0.3, 0.4) is 0 Å². The van der Waals surface area contributed by atoms with E-state index in [1.807, 2.05) is 60.7 Å². The summed E-state index contributed by atoms with van der Waals surface area (Å²) in [5.41, 5.74) is 0.241. The Bertz CT molecular complexity index is 814. The maximum atomic E-state index is 12.3. The third-order valence-electron chi connectivity index (χ3n) is 4.83. The third kappa shape index (κ3) is 3.73. The highest BCUT2D eigenvalue weighted by molar-refractivity contribution is 5.79. The van der Waals surface area contributed by atoms with E-state index < -0.39 is 17.3 Å². The summed E-state index contributed by atoms with van der Waals surface area (Å²) in [6.07, 6.45) is 2.17. The van der Waals surface area contributed by atoms with Gasteiger partial charge in [-0.15, -0.1) is 6.58 Å². The van der Waals surface area contributed by atoms with Crippen molar-refractivity contribution in [2.75, 3.05) is 0 Å². The molecule has 2 aromatic carbocycles. The van der Waals surface area contributed by atoms with Crippen molar-refractivity contribution in [3.63, 3.8) is 0 Å². The SMILES string of the molecule is C=CC(c1ccccc1)C(C#N)(C#N)C(CC(=O)CC)c1ccccc1. The summed E-state index contributed by atoms with van der Waals surface area (Å²) in [5, 5.41) is 20.3. The number of rotatable bonds is 8. The molecule has 0 amide bonds. The number of benzene rings is 2. The lowest BCUT2D eigenvalue weighted by Crippen LogP contribution is -2.33. The molecule has 0 spiro atoms. The third-order valence-corrected chi connectivity index (χ3v) is 4.83. The normalized spacial score (nSPS) is 13.0. The van der Waals surface area contributed by atoms with Crippen molar-refractivity contribution in [2.45, 2.75) is 31.6 Å². The molecule has 130 valence electrons. The molecule has 0 radical (unpaired) electrons. The Morgan fingerprint density at radius 1 is 1.04 bits per heavy atom. The molecule has 0 N–H and O–H groups in total. The number of nitrogens with zero attached hydrogens (tertiary/aromatic N) is 2. The van der Waals surface area contributed by atoms with Crippen molar-refractivity contribution in [1.82, 2.24) is 0 Å². The first kappa shape index (κ1) is 19.2. The average molecular weight is 342 g/mol. The van der Waals surface area contributed by atoms with Crippen LogP contribution in [0.2, 0.25) is 0 Å². The summed E-state index contributed by atoms with van der Waals surface area (Å²) < 4.78 is 0. The zero-order valence-electron chi connectivity index (χ0n) is 14.9. The van der Waals surface area contributed by atoms with Crippen LogP contribution in [0.15, 0.2) is 73.3 Å². The van der Waals surface area contributed by atoms with E-state index in [9.17, 15) is 15.3 Å². The number of nitriles is 2. The maximum absolute atomic E-state index is 12.3. The number of Topliss-reactive ketones (excluding diaryl/α,β-unsaturated/α-hetero) is 1. The molecule has 0 heterocycles. The second-order valence-corrected chi connectivity index (χ2v) is 6.28. The summed E-state index contributed by atoms with van der Waals surface area (Å²) in [6.45, 7) is 5.69. The molecule has 0 aliphatic carbocycles. The van der Waals surface area contributed by atoms with E-state index >= 15 is 0 Å². The van der Waals surface area contributed by atoms with Crippen LogP contribution in [0.1, 0.15) is 42.7 Å². The van der Waals surface area contributed by atoms with E-state index in [0.29, 0.717) is 6.42 Å². The monoisotopic (exact) mass is 342 g/mol. The average Bonchev–Trinajstić information content (AvgIpc) is 2.71. The van der Waals surface area contributed by atoms with Crippen LogP contribution in [0.5, 0.6) is 0 Å². The van der Waals surface area contributed by atoms with Crippen molar-refractivity contribution >= 4 is 5.78 Å². The Labute approximate surface area is 155 Å². The number of carbonyl (C=O) groups is 1. The Morgan fingerprint density at radius 2 is 1.54 bits per heavy atom. The van der Waals surface area contributed by atoms with E-state index in [0.717, 1.165) is 11.1 Å². The smallest absolute Gasteiger partial charge is 0.161 e. The molecule has 2 unspecified atom stereocenters. The molecule has 2 aromatic rings. The molecule has 2 rings (SSSR count). The number of carbonyl (C=O) groups excluding carboxylic acids is 1. The van der Waals surface area contributed by atoms with Gasteiger partial charge in [-0.25, -0.2) is 0 Å². The van der Waals surface area contributed by atoms with Crippen LogP contribution < -0.4 is 0 Å². The Hall–Kier alpha value is -3.17. The molecule has 2 atom stereocenters. The Kier molecular flexibility index (Phi) is 6.48. The van der Waals surface area contributed by atoms with Crippen LogP contribution in [0.25, 0.3) is 0 Å². The van der Waals surface area contributed by atoms with Crippen LogP contribution >= 0.6 is 0 Å². The molecule has 0 saturated carbocycles. The summed E-state index contributed by atoms with van der Waals surface area (Å²) >= 11 is 0. The van der Waals surface area contributed by atoms with Gasteiger partial charge in [0.15, 0.2) is 5.41 Å². The van der Waals surface area contributed by atoms with E-state index in [1.165, 1.54) is 0 Å². The second-order valence-electron chi connectivity index (χ2n) is 6.28. The van der Waals surface area contributed by atoms with Gasteiger partial charge in [-0.2, -0.15) is 10.5 Å². The molecular weight excluding hydrogens is 320 g/mol.